The molecule has 0 saturated carbocycles. The van der Waals surface area contributed by atoms with Crippen molar-refractivity contribution in [3.05, 3.63) is 53.1 Å². The SMILES string of the molecule is COc1ccc(-[n+]2noc([O-])c2SC(C)C(=O)Nc2cc(Cl)ccc2C)cc1. The first kappa shape index (κ1) is 20.0. The molecular formula is C19H18ClN3O4S. The predicted octanol–water partition coefficient (Wildman–Crippen LogP) is 3.11. The number of aromatic nitrogens is 2. The number of nitrogens with one attached hydrogen (secondary N) is 1. The number of hydrogen-bond acceptors (Lipinski definition) is 6. The van der Waals surface area contributed by atoms with E-state index < -0.39 is 11.2 Å². The van der Waals surface area contributed by atoms with Crippen molar-refractivity contribution in [1.82, 2.24) is 5.27 Å². The quantitative estimate of drug-likeness (QED) is 0.487. The zero-order valence-electron chi connectivity index (χ0n) is 15.4. The molecule has 1 unspecified atom stereocenters. The number of carbonyl (C=O) groups excluding carboxylic acids is 1. The Morgan fingerprint density at radius 1 is 1.32 bits per heavy atom. The molecule has 0 aliphatic carbocycles. The average Bonchev–Trinajstić information content (AvgIpc) is 3.05. The van der Waals surface area contributed by atoms with Crippen LogP contribution in [0.4, 0.5) is 5.69 Å². The van der Waals surface area contributed by atoms with Crippen LogP contribution in [0.3, 0.4) is 0 Å². The molecule has 0 aliphatic rings. The summed E-state index contributed by atoms with van der Waals surface area (Å²) in [6, 6.07) is 12.2. The van der Waals surface area contributed by atoms with Gasteiger partial charge in [-0.3, -0.25) is 4.79 Å². The molecule has 0 saturated heterocycles. The molecule has 0 fully saturated rings. The second kappa shape index (κ2) is 8.53. The molecule has 1 heterocycles. The Morgan fingerprint density at radius 3 is 2.71 bits per heavy atom. The minimum Gasteiger partial charge on any atom is -0.538 e. The summed E-state index contributed by atoms with van der Waals surface area (Å²) >= 11 is 7.06. The number of aryl methyl sites for hydroxylation is 1. The lowest BCUT2D eigenvalue weighted by atomic mass is 10.2. The maximum Gasteiger partial charge on any atom is 0.298 e. The van der Waals surface area contributed by atoms with Gasteiger partial charge in [0.25, 0.3) is 5.03 Å². The van der Waals surface area contributed by atoms with Crippen LogP contribution in [0.25, 0.3) is 5.69 Å². The Balaban J connectivity index is 1.78. The van der Waals surface area contributed by atoms with Crippen LogP contribution >= 0.6 is 23.4 Å². The lowest BCUT2D eigenvalue weighted by Crippen LogP contribution is -2.36. The minimum atomic E-state index is -0.612. The molecule has 146 valence electrons. The van der Waals surface area contributed by atoms with Crippen LogP contribution in [-0.2, 0) is 4.79 Å². The van der Waals surface area contributed by atoms with Gasteiger partial charge in [-0.1, -0.05) is 17.7 Å². The summed E-state index contributed by atoms with van der Waals surface area (Å²) in [5.74, 6) is -0.203. The summed E-state index contributed by atoms with van der Waals surface area (Å²) in [5.41, 5.74) is 2.13. The van der Waals surface area contributed by atoms with E-state index in [0.717, 1.165) is 17.3 Å². The van der Waals surface area contributed by atoms with E-state index in [9.17, 15) is 9.90 Å². The van der Waals surface area contributed by atoms with Crippen molar-refractivity contribution in [3.8, 4) is 17.4 Å². The van der Waals surface area contributed by atoms with E-state index in [2.05, 4.69) is 10.6 Å². The standard InChI is InChI=1S/C19H18ClN3O4S/c1-11-4-5-13(20)10-16(11)21-17(24)12(2)28-18-19(25)27-22-23(18)14-6-8-15(26-3)9-7-14/h4-10,12H,1-3H3,(H-,21,22,24,25). The fraction of sp³-hybridized carbons (Fsp3) is 0.211. The van der Waals surface area contributed by atoms with Crippen LogP contribution in [0.1, 0.15) is 12.5 Å². The number of hydrogen-bond donors (Lipinski definition) is 1. The van der Waals surface area contributed by atoms with Crippen molar-refractivity contribution in [1.29, 1.82) is 0 Å². The maximum atomic E-state index is 12.6. The first-order chi connectivity index (χ1) is 13.4. The van der Waals surface area contributed by atoms with Crippen LogP contribution in [0.2, 0.25) is 5.02 Å². The number of benzene rings is 2. The van der Waals surface area contributed by atoms with Gasteiger partial charge in [-0.2, -0.15) is 0 Å². The van der Waals surface area contributed by atoms with Crippen LogP contribution in [0.5, 0.6) is 11.7 Å². The van der Waals surface area contributed by atoms with Gasteiger partial charge in [-0.25, -0.2) is 0 Å². The summed E-state index contributed by atoms with van der Waals surface area (Å²) in [6.45, 7) is 3.57. The van der Waals surface area contributed by atoms with Crippen molar-refractivity contribution in [2.45, 2.75) is 24.1 Å². The first-order valence-corrected chi connectivity index (χ1v) is 9.62. The Morgan fingerprint density at radius 2 is 2.04 bits per heavy atom. The fourth-order valence-electron chi connectivity index (χ4n) is 2.41. The topological polar surface area (TPSA) is 91.3 Å². The molecule has 7 nitrogen and oxygen atoms in total. The van der Waals surface area contributed by atoms with Crippen molar-refractivity contribution >= 4 is 35.0 Å². The maximum absolute atomic E-state index is 12.6. The molecule has 1 N–H and O–H groups in total. The highest BCUT2D eigenvalue weighted by Crippen LogP contribution is 2.29. The molecule has 3 rings (SSSR count). The van der Waals surface area contributed by atoms with Crippen molar-refractivity contribution in [2.75, 3.05) is 12.4 Å². The molecule has 3 aromatic rings. The second-order valence-corrected chi connectivity index (χ2v) is 7.75. The number of methoxy groups -OCH3 is 1. The Bertz CT molecular complexity index is 991. The van der Waals surface area contributed by atoms with Gasteiger partial charge in [0, 0.05) is 22.8 Å². The molecule has 2 aromatic carbocycles. The number of nitrogens with zero attached hydrogens (tertiary/aromatic N) is 2. The van der Waals surface area contributed by atoms with Crippen molar-refractivity contribution in [2.24, 2.45) is 0 Å². The molecule has 0 radical (unpaired) electrons. The molecule has 0 spiro atoms. The highest BCUT2D eigenvalue weighted by atomic mass is 35.5. The lowest BCUT2D eigenvalue weighted by molar-refractivity contribution is -0.705. The Labute approximate surface area is 171 Å². The van der Waals surface area contributed by atoms with E-state index in [4.69, 9.17) is 20.9 Å². The average molecular weight is 420 g/mol. The smallest absolute Gasteiger partial charge is 0.298 e. The minimum absolute atomic E-state index is 0.204. The summed E-state index contributed by atoms with van der Waals surface area (Å²) < 4.78 is 11.3. The van der Waals surface area contributed by atoms with E-state index >= 15 is 0 Å². The summed E-state index contributed by atoms with van der Waals surface area (Å²) in [5, 5.41) is 18.9. The van der Waals surface area contributed by atoms with Gasteiger partial charge in [-0.05, 0) is 60.1 Å². The third kappa shape index (κ3) is 4.40. The number of anilines is 1. The van der Waals surface area contributed by atoms with Gasteiger partial charge in [0.05, 0.1) is 17.6 Å². The molecule has 9 heteroatoms. The predicted molar refractivity (Wildman–Crippen MR) is 104 cm³/mol. The fourth-order valence-corrected chi connectivity index (χ4v) is 3.46. The van der Waals surface area contributed by atoms with Gasteiger partial charge >= 0.3 is 0 Å². The summed E-state index contributed by atoms with van der Waals surface area (Å²) in [4.78, 5) is 12.6. The number of carbonyl (C=O) groups is 1. The van der Waals surface area contributed by atoms with Gasteiger partial charge in [0.2, 0.25) is 11.6 Å². The van der Waals surface area contributed by atoms with E-state index in [0.29, 0.717) is 22.1 Å². The van der Waals surface area contributed by atoms with Crippen molar-refractivity contribution < 1.29 is 23.8 Å². The van der Waals surface area contributed by atoms with E-state index in [-0.39, 0.29) is 10.9 Å². The molecule has 28 heavy (non-hydrogen) atoms. The van der Waals surface area contributed by atoms with Crippen LogP contribution < -0.4 is 19.8 Å². The monoisotopic (exact) mass is 419 g/mol. The molecule has 0 aliphatic heterocycles. The van der Waals surface area contributed by atoms with Crippen molar-refractivity contribution in [3.63, 3.8) is 0 Å². The van der Waals surface area contributed by atoms with Gasteiger partial charge in [0.15, 0.2) is 5.95 Å². The molecule has 0 bridgehead atoms. The second-order valence-electron chi connectivity index (χ2n) is 5.98. The highest BCUT2D eigenvalue weighted by Gasteiger charge is 2.27. The van der Waals surface area contributed by atoms with E-state index in [1.54, 1.807) is 50.4 Å². The van der Waals surface area contributed by atoms with Crippen LogP contribution in [0, 0.1) is 6.92 Å². The van der Waals surface area contributed by atoms with Gasteiger partial charge in [0.1, 0.15) is 5.75 Å². The number of rotatable bonds is 6. The normalized spacial score (nSPS) is 11.9. The third-order valence-electron chi connectivity index (χ3n) is 4.00. The molecule has 1 aromatic heterocycles. The number of amides is 1. The number of halogens is 1. The number of thioether (sulfide) groups is 1. The van der Waals surface area contributed by atoms with Gasteiger partial charge in [-0.15, -0.1) is 0 Å². The van der Waals surface area contributed by atoms with E-state index in [1.165, 1.54) is 4.68 Å². The zero-order chi connectivity index (χ0) is 20.3. The summed E-state index contributed by atoms with van der Waals surface area (Å²) in [6.07, 6.45) is 0. The molecule has 1 amide bonds. The molecular weight excluding hydrogens is 402 g/mol. The van der Waals surface area contributed by atoms with Gasteiger partial charge < -0.3 is 19.7 Å². The largest absolute Gasteiger partial charge is 0.538 e. The Hall–Kier alpha value is -2.71. The first-order valence-electron chi connectivity index (χ1n) is 8.36. The van der Waals surface area contributed by atoms with Crippen LogP contribution in [0.15, 0.2) is 52.0 Å². The highest BCUT2D eigenvalue weighted by molar-refractivity contribution is 8.00. The lowest BCUT2D eigenvalue weighted by Gasteiger charge is -2.12. The van der Waals surface area contributed by atoms with E-state index in [1.807, 2.05) is 13.0 Å². The number of ether oxygens (including phenoxy) is 1. The Kier molecular flexibility index (Phi) is 6.11. The van der Waals surface area contributed by atoms with Crippen LogP contribution in [-0.4, -0.2) is 23.5 Å². The third-order valence-corrected chi connectivity index (χ3v) is 5.37. The zero-order valence-corrected chi connectivity index (χ0v) is 17.0. The molecule has 1 atom stereocenters. The summed E-state index contributed by atoms with van der Waals surface area (Å²) in [7, 11) is 1.57.